The van der Waals surface area contributed by atoms with Crippen LogP contribution in [0.15, 0.2) is 24.3 Å². The van der Waals surface area contributed by atoms with Gasteiger partial charge in [0, 0.05) is 18.8 Å². The van der Waals surface area contributed by atoms with Gasteiger partial charge in [0.2, 0.25) is 0 Å². The number of hydrogen-bond donors (Lipinski definition) is 4. The number of carbonyl (C=O) groups excluding carboxylic acids is 2. The van der Waals surface area contributed by atoms with Gasteiger partial charge in [0.05, 0.1) is 12.1 Å². The van der Waals surface area contributed by atoms with Gasteiger partial charge >= 0.3 is 12.1 Å². The van der Waals surface area contributed by atoms with E-state index in [0.717, 1.165) is 25.0 Å². The van der Waals surface area contributed by atoms with Crippen LogP contribution in [0.3, 0.4) is 0 Å². The molecule has 1 aliphatic rings. The molecule has 0 aromatic heterocycles. The van der Waals surface area contributed by atoms with E-state index < -0.39 is 6.03 Å². The molecular weight excluding hydrogens is 284 g/mol. The molecule has 2 unspecified atom stereocenters. The van der Waals surface area contributed by atoms with Crippen LogP contribution in [0.25, 0.3) is 0 Å². The second-order valence-corrected chi connectivity index (χ2v) is 5.32. The molecule has 1 fully saturated rings. The molecule has 0 saturated carbocycles. The Labute approximate surface area is 129 Å². The predicted molar refractivity (Wildman–Crippen MR) is 83.6 cm³/mol. The summed E-state index contributed by atoms with van der Waals surface area (Å²) in [6, 6.07) is 6.17. The fourth-order valence-electron chi connectivity index (χ4n) is 2.34. The number of nitrogens with one attached hydrogen (secondary N) is 3. The molecule has 7 nitrogen and oxygen atoms in total. The molecule has 22 heavy (non-hydrogen) atoms. The van der Waals surface area contributed by atoms with E-state index in [1.807, 2.05) is 19.1 Å². The summed E-state index contributed by atoms with van der Waals surface area (Å²) in [4.78, 5) is 22.6. The third-order valence-electron chi connectivity index (χ3n) is 3.54. The number of amides is 4. The molecule has 2 rings (SSSR count). The van der Waals surface area contributed by atoms with Gasteiger partial charge in [0.1, 0.15) is 0 Å². The number of anilines is 1. The van der Waals surface area contributed by atoms with Gasteiger partial charge in [-0.2, -0.15) is 0 Å². The summed E-state index contributed by atoms with van der Waals surface area (Å²) in [7, 11) is 0. The van der Waals surface area contributed by atoms with Gasteiger partial charge < -0.3 is 26.4 Å². The zero-order valence-corrected chi connectivity index (χ0v) is 12.6. The Kier molecular flexibility index (Phi) is 5.60. The molecular formula is C15H22N4O3. The van der Waals surface area contributed by atoms with E-state index in [4.69, 9.17) is 10.5 Å². The third kappa shape index (κ3) is 4.92. The van der Waals surface area contributed by atoms with Crippen molar-refractivity contribution in [3.05, 3.63) is 29.8 Å². The first-order valence-electron chi connectivity index (χ1n) is 7.37. The number of urea groups is 2. The molecule has 1 aromatic carbocycles. The minimum Gasteiger partial charge on any atom is -0.376 e. The number of benzene rings is 1. The van der Waals surface area contributed by atoms with Crippen molar-refractivity contribution in [2.24, 2.45) is 5.73 Å². The first-order chi connectivity index (χ1) is 10.5. The van der Waals surface area contributed by atoms with Crippen LogP contribution < -0.4 is 21.7 Å². The Morgan fingerprint density at radius 1 is 1.36 bits per heavy atom. The summed E-state index contributed by atoms with van der Waals surface area (Å²) in [5.74, 6) is 0. The van der Waals surface area contributed by atoms with Gasteiger partial charge in [-0.3, -0.25) is 0 Å². The number of ether oxygens (including phenoxy) is 1. The van der Waals surface area contributed by atoms with Crippen LogP contribution >= 0.6 is 0 Å². The Bertz CT molecular complexity index is 512. The van der Waals surface area contributed by atoms with Crippen LogP contribution in [0.1, 0.15) is 31.4 Å². The average Bonchev–Trinajstić information content (AvgIpc) is 2.98. The molecule has 1 saturated heterocycles. The lowest BCUT2D eigenvalue weighted by Crippen LogP contribution is -2.40. The highest BCUT2D eigenvalue weighted by Gasteiger charge is 2.16. The van der Waals surface area contributed by atoms with Gasteiger partial charge in [-0.05, 0) is 37.5 Å². The second kappa shape index (κ2) is 7.65. The molecule has 1 aliphatic heterocycles. The standard InChI is InChI=1S/C15H22N4O3/c1-10(11-4-6-12(7-5-11)19-14(16)20)18-15(21)17-9-13-3-2-8-22-13/h4-7,10,13H,2-3,8-9H2,1H3,(H3,16,19,20)(H2,17,18,21). The quantitative estimate of drug-likeness (QED) is 0.665. The second-order valence-electron chi connectivity index (χ2n) is 5.32. The minimum absolute atomic E-state index is 0.125. The number of primary amides is 1. The minimum atomic E-state index is -0.604. The summed E-state index contributed by atoms with van der Waals surface area (Å²) < 4.78 is 5.45. The monoisotopic (exact) mass is 306 g/mol. The summed E-state index contributed by atoms with van der Waals surface area (Å²) in [5, 5.41) is 8.17. The summed E-state index contributed by atoms with van der Waals surface area (Å²) >= 11 is 0. The molecule has 4 amide bonds. The Hall–Kier alpha value is -2.28. The number of rotatable bonds is 5. The summed E-state index contributed by atoms with van der Waals surface area (Å²) in [6.45, 7) is 3.19. The highest BCUT2D eigenvalue weighted by Crippen LogP contribution is 2.16. The van der Waals surface area contributed by atoms with Crippen LogP contribution in [0.5, 0.6) is 0 Å². The van der Waals surface area contributed by atoms with E-state index in [0.29, 0.717) is 12.2 Å². The van der Waals surface area contributed by atoms with Gasteiger partial charge in [0.15, 0.2) is 0 Å². The van der Waals surface area contributed by atoms with E-state index >= 15 is 0 Å². The van der Waals surface area contributed by atoms with Gasteiger partial charge in [0.25, 0.3) is 0 Å². The fraction of sp³-hybridized carbons (Fsp3) is 0.467. The van der Waals surface area contributed by atoms with Crippen LogP contribution in [-0.2, 0) is 4.74 Å². The van der Waals surface area contributed by atoms with Gasteiger partial charge in [-0.25, -0.2) is 9.59 Å². The molecule has 1 aromatic rings. The van der Waals surface area contributed by atoms with Gasteiger partial charge in [-0.1, -0.05) is 12.1 Å². The van der Waals surface area contributed by atoms with E-state index in [1.165, 1.54) is 0 Å². The van der Waals surface area contributed by atoms with Crippen LogP contribution in [-0.4, -0.2) is 31.3 Å². The molecule has 5 N–H and O–H groups in total. The smallest absolute Gasteiger partial charge is 0.316 e. The molecule has 7 heteroatoms. The maximum Gasteiger partial charge on any atom is 0.316 e. The average molecular weight is 306 g/mol. The van der Waals surface area contributed by atoms with Gasteiger partial charge in [-0.15, -0.1) is 0 Å². The van der Waals surface area contributed by atoms with Crippen molar-refractivity contribution in [1.29, 1.82) is 0 Å². The number of hydrogen-bond acceptors (Lipinski definition) is 3. The highest BCUT2D eigenvalue weighted by atomic mass is 16.5. The lowest BCUT2D eigenvalue weighted by atomic mass is 10.1. The van der Waals surface area contributed by atoms with Crippen LogP contribution in [0, 0.1) is 0 Å². The zero-order valence-electron chi connectivity index (χ0n) is 12.6. The first-order valence-corrected chi connectivity index (χ1v) is 7.37. The zero-order chi connectivity index (χ0) is 15.9. The molecule has 1 heterocycles. The molecule has 0 bridgehead atoms. The molecule has 2 atom stereocenters. The van der Waals surface area contributed by atoms with Crippen molar-refractivity contribution in [2.45, 2.75) is 31.9 Å². The highest BCUT2D eigenvalue weighted by molar-refractivity contribution is 5.87. The topological polar surface area (TPSA) is 105 Å². The van der Waals surface area contributed by atoms with Crippen molar-refractivity contribution < 1.29 is 14.3 Å². The van der Waals surface area contributed by atoms with E-state index in [1.54, 1.807) is 12.1 Å². The van der Waals surface area contributed by atoms with Crippen molar-refractivity contribution in [2.75, 3.05) is 18.5 Å². The van der Waals surface area contributed by atoms with Crippen LogP contribution in [0.2, 0.25) is 0 Å². The first kappa shape index (κ1) is 16.1. The Balaban J connectivity index is 1.78. The van der Waals surface area contributed by atoms with Crippen molar-refractivity contribution in [1.82, 2.24) is 10.6 Å². The fourth-order valence-corrected chi connectivity index (χ4v) is 2.34. The SMILES string of the molecule is CC(NC(=O)NCC1CCCO1)c1ccc(NC(N)=O)cc1. The normalized spacial score (nSPS) is 18.5. The van der Waals surface area contributed by atoms with Crippen molar-refractivity contribution in [3.8, 4) is 0 Å². The molecule has 0 aliphatic carbocycles. The number of carbonyl (C=O) groups is 2. The predicted octanol–water partition coefficient (Wildman–Crippen LogP) is 1.72. The maximum absolute atomic E-state index is 11.8. The lowest BCUT2D eigenvalue weighted by molar-refractivity contribution is 0.111. The Morgan fingerprint density at radius 3 is 2.68 bits per heavy atom. The summed E-state index contributed by atoms with van der Waals surface area (Å²) in [5.41, 5.74) is 6.60. The Morgan fingerprint density at radius 2 is 2.09 bits per heavy atom. The maximum atomic E-state index is 11.8. The molecule has 120 valence electrons. The summed E-state index contributed by atoms with van der Waals surface area (Å²) in [6.07, 6.45) is 2.17. The molecule has 0 spiro atoms. The third-order valence-corrected chi connectivity index (χ3v) is 3.54. The number of nitrogens with two attached hydrogens (primary N) is 1. The van der Waals surface area contributed by atoms with Crippen molar-refractivity contribution in [3.63, 3.8) is 0 Å². The van der Waals surface area contributed by atoms with Crippen LogP contribution in [0.4, 0.5) is 15.3 Å². The molecule has 0 radical (unpaired) electrons. The largest absolute Gasteiger partial charge is 0.376 e. The van der Waals surface area contributed by atoms with Crippen molar-refractivity contribution >= 4 is 17.7 Å². The van der Waals surface area contributed by atoms with E-state index in [-0.39, 0.29) is 18.2 Å². The lowest BCUT2D eigenvalue weighted by Gasteiger charge is -2.17. The van der Waals surface area contributed by atoms with E-state index in [9.17, 15) is 9.59 Å². The van der Waals surface area contributed by atoms with E-state index in [2.05, 4.69) is 16.0 Å².